The van der Waals surface area contributed by atoms with Crippen LogP contribution in [0.4, 0.5) is 14.5 Å². The summed E-state index contributed by atoms with van der Waals surface area (Å²) in [7, 11) is 1.10. The summed E-state index contributed by atoms with van der Waals surface area (Å²) < 4.78 is 24.2. The molecule has 18 heavy (non-hydrogen) atoms. The SMILES string of the molecule is CN(CC(F)F)C(=O)c1cc(O)ccc1[N+](=O)[O-]. The predicted molar refractivity (Wildman–Crippen MR) is 57.7 cm³/mol. The Morgan fingerprint density at radius 2 is 2.17 bits per heavy atom. The maximum absolute atomic E-state index is 12.1. The molecule has 8 heteroatoms. The highest BCUT2D eigenvalue weighted by Crippen LogP contribution is 2.24. The van der Waals surface area contributed by atoms with E-state index in [9.17, 15) is 28.8 Å². The first-order valence-corrected chi connectivity index (χ1v) is 4.84. The standard InChI is InChI=1S/C10H10F2N2O4/c1-13(5-9(11)12)10(16)7-4-6(15)2-3-8(7)14(17)18/h2-4,9,15H,5H2,1H3. The number of nitro groups is 1. The number of benzene rings is 1. The molecule has 0 aliphatic heterocycles. The first-order chi connectivity index (χ1) is 8.32. The largest absolute Gasteiger partial charge is 0.508 e. The van der Waals surface area contributed by atoms with E-state index in [0.717, 1.165) is 25.2 Å². The van der Waals surface area contributed by atoms with Crippen molar-refractivity contribution in [3.8, 4) is 5.75 Å². The molecule has 0 saturated heterocycles. The summed E-state index contributed by atoms with van der Waals surface area (Å²) in [4.78, 5) is 22.3. The highest BCUT2D eigenvalue weighted by Gasteiger charge is 2.24. The molecule has 1 amide bonds. The molecule has 0 atom stereocenters. The van der Waals surface area contributed by atoms with E-state index in [1.54, 1.807) is 0 Å². The van der Waals surface area contributed by atoms with E-state index in [-0.39, 0.29) is 5.75 Å². The van der Waals surface area contributed by atoms with Crippen LogP contribution in [0.5, 0.6) is 5.75 Å². The van der Waals surface area contributed by atoms with Crippen molar-refractivity contribution in [3.05, 3.63) is 33.9 Å². The van der Waals surface area contributed by atoms with Gasteiger partial charge in [0.05, 0.1) is 11.5 Å². The molecule has 0 aliphatic carbocycles. The molecule has 0 aromatic heterocycles. The van der Waals surface area contributed by atoms with Crippen molar-refractivity contribution in [2.75, 3.05) is 13.6 Å². The lowest BCUT2D eigenvalue weighted by Gasteiger charge is -2.16. The van der Waals surface area contributed by atoms with Crippen molar-refractivity contribution in [2.45, 2.75) is 6.43 Å². The van der Waals surface area contributed by atoms with E-state index in [4.69, 9.17) is 0 Å². The second-order valence-corrected chi connectivity index (χ2v) is 3.54. The van der Waals surface area contributed by atoms with E-state index in [1.165, 1.54) is 0 Å². The van der Waals surface area contributed by atoms with Crippen LogP contribution in [0.2, 0.25) is 0 Å². The highest BCUT2D eigenvalue weighted by atomic mass is 19.3. The van der Waals surface area contributed by atoms with Crippen LogP contribution in [0.3, 0.4) is 0 Å². The molecular formula is C10H10F2N2O4. The second-order valence-electron chi connectivity index (χ2n) is 3.54. The Kier molecular flexibility index (Phi) is 4.13. The number of hydrogen-bond acceptors (Lipinski definition) is 4. The molecule has 0 bridgehead atoms. The van der Waals surface area contributed by atoms with Crippen molar-refractivity contribution < 1.29 is 23.6 Å². The number of carbonyl (C=O) groups excluding carboxylic acids is 1. The second kappa shape index (κ2) is 5.39. The van der Waals surface area contributed by atoms with E-state index >= 15 is 0 Å². The van der Waals surface area contributed by atoms with Gasteiger partial charge in [0.25, 0.3) is 18.0 Å². The number of phenolic OH excluding ortho intramolecular Hbond substituents is 1. The van der Waals surface area contributed by atoms with E-state index in [2.05, 4.69) is 0 Å². The predicted octanol–water partition coefficient (Wildman–Crippen LogP) is 1.64. The molecule has 0 heterocycles. The summed E-state index contributed by atoms with van der Waals surface area (Å²) in [5.74, 6) is -1.30. The van der Waals surface area contributed by atoms with Crippen LogP contribution in [0, 0.1) is 10.1 Å². The van der Waals surface area contributed by atoms with E-state index in [1.807, 2.05) is 0 Å². The van der Waals surface area contributed by atoms with Gasteiger partial charge in [0.1, 0.15) is 11.3 Å². The molecule has 0 unspecified atom stereocenters. The molecule has 1 aromatic rings. The summed E-state index contributed by atoms with van der Waals surface area (Å²) in [5.41, 5.74) is -0.970. The molecule has 1 N–H and O–H groups in total. The average Bonchev–Trinajstić information content (AvgIpc) is 2.26. The number of rotatable bonds is 4. The third-order valence-corrected chi connectivity index (χ3v) is 2.17. The third-order valence-electron chi connectivity index (χ3n) is 2.17. The topological polar surface area (TPSA) is 83.7 Å². The number of amides is 1. The Hall–Kier alpha value is -2.25. The fourth-order valence-corrected chi connectivity index (χ4v) is 1.35. The van der Waals surface area contributed by atoms with Crippen LogP contribution in [0.15, 0.2) is 18.2 Å². The van der Waals surface area contributed by atoms with E-state index in [0.29, 0.717) is 4.90 Å². The molecule has 6 nitrogen and oxygen atoms in total. The lowest BCUT2D eigenvalue weighted by molar-refractivity contribution is -0.385. The Bertz CT molecular complexity index is 479. The molecule has 0 saturated carbocycles. The van der Waals surface area contributed by atoms with Crippen molar-refractivity contribution >= 4 is 11.6 Å². The van der Waals surface area contributed by atoms with Crippen LogP contribution in [0.1, 0.15) is 10.4 Å². The molecule has 0 fully saturated rings. The van der Waals surface area contributed by atoms with Gasteiger partial charge in [-0.2, -0.15) is 0 Å². The van der Waals surface area contributed by atoms with Crippen LogP contribution in [-0.2, 0) is 0 Å². The van der Waals surface area contributed by atoms with Gasteiger partial charge in [-0.3, -0.25) is 14.9 Å². The van der Waals surface area contributed by atoms with Gasteiger partial charge < -0.3 is 10.0 Å². The fourth-order valence-electron chi connectivity index (χ4n) is 1.35. The first-order valence-electron chi connectivity index (χ1n) is 4.84. The number of nitro benzene ring substituents is 1. The number of aromatic hydroxyl groups is 1. The number of phenols is 1. The Morgan fingerprint density at radius 1 is 1.56 bits per heavy atom. The monoisotopic (exact) mass is 260 g/mol. The molecular weight excluding hydrogens is 250 g/mol. The van der Waals surface area contributed by atoms with Crippen molar-refractivity contribution in [1.82, 2.24) is 4.90 Å². The average molecular weight is 260 g/mol. The molecule has 0 spiro atoms. The van der Waals surface area contributed by atoms with Gasteiger partial charge >= 0.3 is 0 Å². The van der Waals surface area contributed by atoms with Gasteiger partial charge in [-0.05, 0) is 12.1 Å². The molecule has 0 aliphatic rings. The van der Waals surface area contributed by atoms with Gasteiger partial charge in [0.2, 0.25) is 0 Å². The van der Waals surface area contributed by atoms with Crippen molar-refractivity contribution in [1.29, 1.82) is 0 Å². The zero-order valence-corrected chi connectivity index (χ0v) is 9.34. The minimum absolute atomic E-state index is 0.352. The molecule has 98 valence electrons. The summed E-state index contributed by atoms with van der Waals surface area (Å²) >= 11 is 0. The van der Waals surface area contributed by atoms with Gasteiger partial charge in [-0.25, -0.2) is 8.78 Å². The summed E-state index contributed by atoms with van der Waals surface area (Å²) in [6.45, 7) is -0.842. The maximum atomic E-state index is 12.1. The zero-order valence-electron chi connectivity index (χ0n) is 9.34. The van der Waals surface area contributed by atoms with Gasteiger partial charge in [-0.1, -0.05) is 0 Å². The smallest absolute Gasteiger partial charge is 0.282 e. The highest BCUT2D eigenvalue weighted by molar-refractivity contribution is 5.98. The molecule has 0 radical (unpaired) electrons. The number of nitrogens with zero attached hydrogens (tertiary/aromatic N) is 2. The van der Waals surface area contributed by atoms with Crippen LogP contribution >= 0.6 is 0 Å². The Balaban J connectivity index is 3.11. The minimum atomic E-state index is -2.74. The fraction of sp³-hybridized carbons (Fsp3) is 0.300. The Morgan fingerprint density at radius 3 is 2.67 bits per heavy atom. The normalized spacial score (nSPS) is 10.4. The summed E-state index contributed by atoms with van der Waals surface area (Å²) in [5, 5.41) is 19.9. The number of carbonyl (C=O) groups is 1. The number of hydrogen-bond donors (Lipinski definition) is 1. The summed E-state index contributed by atoms with van der Waals surface area (Å²) in [6.07, 6.45) is -2.74. The number of alkyl halides is 2. The number of halogens is 2. The third kappa shape index (κ3) is 3.12. The summed E-state index contributed by atoms with van der Waals surface area (Å²) in [6, 6.07) is 2.86. The lowest BCUT2D eigenvalue weighted by Crippen LogP contribution is -2.31. The lowest BCUT2D eigenvalue weighted by atomic mass is 10.1. The van der Waals surface area contributed by atoms with E-state index < -0.39 is 35.1 Å². The van der Waals surface area contributed by atoms with Crippen molar-refractivity contribution in [2.24, 2.45) is 0 Å². The van der Waals surface area contributed by atoms with Gasteiger partial charge in [0, 0.05) is 13.1 Å². The first kappa shape index (κ1) is 13.8. The molecule has 1 rings (SSSR count). The minimum Gasteiger partial charge on any atom is -0.508 e. The van der Waals surface area contributed by atoms with Crippen LogP contribution in [-0.4, -0.2) is 40.9 Å². The maximum Gasteiger partial charge on any atom is 0.282 e. The Labute approximate surface area is 101 Å². The molecule has 1 aromatic carbocycles. The quantitative estimate of drug-likeness (QED) is 0.658. The van der Waals surface area contributed by atoms with Crippen molar-refractivity contribution in [3.63, 3.8) is 0 Å². The van der Waals surface area contributed by atoms with Crippen LogP contribution < -0.4 is 0 Å². The van der Waals surface area contributed by atoms with Gasteiger partial charge in [0.15, 0.2) is 0 Å². The zero-order chi connectivity index (χ0) is 13.9. The van der Waals surface area contributed by atoms with Crippen LogP contribution in [0.25, 0.3) is 0 Å². The van der Waals surface area contributed by atoms with Gasteiger partial charge in [-0.15, -0.1) is 0 Å².